The Kier molecular flexibility index (Phi) is 4.55. The van der Waals surface area contributed by atoms with Crippen LogP contribution in [0.25, 0.3) is 0 Å². The van der Waals surface area contributed by atoms with Crippen LogP contribution in [-0.4, -0.2) is 23.4 Å². The molecule has 0 bridgehead atoms. The summed E-state index contributed by atoms with van der Waals surface area (Å²) >= 11 is 1.64. The molecule has 1 unspecified atom stereocenters. The maximum atomic E-state index is 12.6. The molecule has 0 saturated heterocycles. The van der Waals surface area contributed by atoms with Crippen molar-refractivity contribution in [1.82, 2.24) is 10.2 Å². The van der Waals surface area contributed by atoms with E-state index in [-0.39, 0.29) is 11.6 Å². The lowest BCUT2D eigenvalue weighted by Crippen LogP contribution is -2.46. The highest BCUT2D eigenvalue weighted by Gasteiger charge is 2.31. The zero-order valence-electron chi connectivity index (χ0n) is 13.3. The number of fused-ring (bicyclic) bond motifs is 1. The minimum absolute atomic E-state index is 0.00207. The summed E-state index contributed by atoms with van der Waals surface area (Å²) in [7, 11) is 0. The third-order valence-electron chi connectivity index (χ3n) is 4.23. The second kappa shape index (κ2) is 6.51. The summed E-state index contributed by atoms with van der Waals surface area (Å²) < 4.78 is 37.7. The number of halogens is 3. The Hall–Kier alpha value is -2.35. The number of rotatable bonds is 1. The summed E-state index contributed by atoms with van der Waals surface area (Å²) in [5.41, 5.74) is 0.223. The Bertz CT molecular complexity index is 799. The molecule has 8 heteroatoms. The van der Waals surface area contributed by atoms with Crippen LogP contribution < -0.4 is 5.32 Å². The first-order chi connectivity index (χ1) is 11.8. The summed E-state index contributed by atoms with van der Waals surface area (Å²) in [5, 5.41) is 4.22. The molecular formula is C17H15F3N2O2S. The smallest absolute Gasteiger partial charge is 0.317 e. The van der Waals surface area contributed by atoms with Crippen molar-refractivity contribution >= 4 is 23.3 Å². The molecule has 2 aromatic rings. The van der Waals surface area contributed by atoms with Gasteiger partial charge in [-0.2, -0.15) is 13.2 Å². The van der Waals surface area contributed by atoms with Gasteiger partial charge in [-0.15, -0.1) is 11.3 Å². The van der Waals surface area contributed by atoms with Crippen LogP contribution in [0.15, 0.2) is 35.7 Å². The molecule has 132 valence electrons. The normalized spacial score (nSPS) is 17.1. The van der Waals surface area contributed by atoms with Crippen LogP contribution in [0.1, 0.15) is 39.3 Å². The predicted octanol–water partition coefficient (Wildman–Crippen LogP) is 4.24. The Morgan fingerprint density at radius 1 is 1.20 bits per heavy atom. The molecule has 3 amide bonds. The van der Waals surface area contributed by atoms with Crippen molar-refractivity contribution in [3.8, 4) is 0 Å². The van der Waals surface area contributed by atoms with E-state index in [0.29, 0.717) is 6.54 Å². The molecule has 0 fully saturated rings. The van der Waals surface area contributed by atoms with Crippen molar-refractivity contribution < 1.29 is 22.8 Å². The van der Waals surface area contributed by atoms with E-state index < -0.39 is 23.7 Å². The van der Waals surface area contributed by atoms with Gasteiger partial charge in [0.2, 0.25) is 0 Å². The molecule has 4 nitrogen and oxygen atoms in total. The van der Waals surface area contributed by atoms with Crippen LogP contribution in [0.3, 0.4) is 0 Å². The molecule has 1 aliphatic heterocycles. The Labute approximate surface area is 146 Å². The molecule has 0 radical (unpaired) electrons. The van der Waals surface area contributed by atoms with Crippen LogP contribution in [0, 0.1) is 0 Å². The van der Waals surface area contributed by atoms with Crippen LogP contribution in [0.4, 0.5) is 18.0 Å². The fourth-order valence-electron chi connectivity index (χ4n) is 2.84. The monoisotopic (exact) mass is 368 g/mol. The summed E-state index contributed by atoms with van der Waals surface area (Å²) in [6, 6.07) is 5.01. The van der Waals surface area contributed by atoms with Gasteiger partial charge in [-0.1, -0.05) is 0 Å². The highest BCUT2D eigenvalue weighted by Crippen LogP contribution is 2.33. The van der Waals surface area contributed by atoms with E-state index in [2.05, 4.69) is 5.32 Å². The number of alkyl halides is 3. The highest BCUT2D eigenvalue weighted by molar-refractivity contribution is 7.10. The fraction of sp³-hybridized carbons (Fsp3) is 0.294. The molecule has 2 heterocycles. The molecular weight excluding hydrogens is 353 g/mol. The lowest BCUT2D eigenvalue weighted by atomic mass is 10.0. The molecule has 25 heavy (non-hydrogen) atoms. The molecule has 1 N–H and O–H groups in total. The van der Waals surface area contributed by atoms with E-state index in [1.807, 2.05) is 18.4 Å². The van der Waals surface area contributed by atoms with Gasteiger partial charge in [0.05, 0.1) is 11.6 Å². The Morgan fingerprint density at radius 2 is 1.88 bits per heavy atom. The summed E-state index contributed by atoms with van der Waals surface area (Å²) in [6.07, 6.45) is -3.74. The van der Waals surface area contributed by atoms with E-state index in [1.165, 1.54) is 4.88 Å². The zero-order chi connectivity index (χ0) is 18.2. The number of nitrogens with zero attached hydrogens (tertiary/aromatic N) is 1. The average Bonchev–Trinajstić information content (AvgIpc) is 3.04. The number of benzene rings is 1. The van der Waals surface area contributed by atoms with Gasteiger partial charge >= 0.3 is 12.2 Å². The van der Waals surface area contributed by atoms with Gasteiger partial charge < -0.3 is 4.90 Å². The molecule has 0 spiro atoms. The van der Waals surface area contributed by atoms with Crippen molar-refractivity contribution in [2.75, 3.05) is 6.54 Å². The number of imide groups is 1. The second-order valence-corrected chi connectivity index (χ2v) is 6.75. The largest absolute Gasteiger partial charge is 0.416 e. The average molecular weight is 368 g/mol. The van der Waals surface area contributed by atoms with Crippen molar-refractivity contribution in [1.29, 1.82) is 0 Å². The number of thiophene rings is 1. The van der Waals surface area contributed by atoms with E-state index in [0.717, 1.165) is 36.2 Å². The maximum Gasteiger partial charge on any atom is 0.416 e. The van der Waals surface area contributed by atoms with Crippen LogP contribution >= 0.6 is 11.3 Å². The maximum absolute atomic E-state index is 12.6. The number of amides is 3. The fourth-order valence-corrected chi connectivity index (χ4v) is 3.80. The van der Waals surface area contributed by atoms with E-state index in [9.17, 15) is 22.8 Å². The van der Waals surface area contributed by atoms with Gasteiger partial charge in [0.15, 0.2) is 0 Å². The topological polar surface area (TPSA) is 49.4 Å². The van der Waals surface area contributed by atoms with Crippen LogP contribution in [-0.2, 0) is 12.6 Å². The molecule has 1 aromatic carbocycles. The zero-order valence-corrected chi connectivity index (χ0v) is 14.1. The Morgan fingerprint density at radius 3 is 2.52 bits per heavy atom. The summed E-state index contributed by atoms with van der Waals surface area (Å²) in [5.74, 6) is -0.720. The first-order valence-electron chi connectivity index (χ1n) is 7.63. The first kappa shape index (κ1) is 17.5. The number of carbonyl (C=O) groups is 2. The SMILES string of the molecule is CC1c2ccsc2CCN1C(=O)NC(=O)c1ccc(C(F)(F)F)cc1. The molecule has 0 aliphatic carbocycles. The predicted molar refractivity (Wildman–Crippen MR) is 87.5 cm³/mol. The quantitative estimate of drug-likeness (QED) is 0.819. The lowest BCUT2D eigenvalue weighted by Gasteiger charge is -2.33. The van der Waals surface area contributed by atoms with Gasteiger partial charge in [0, 0.05) is 17.0 Å². The van der Waals surface area contributed by atoms with Gasteiger partial charge in [0.1, 0.15) is 0 Å². The van der Waals surface area contributed by atoms with Gasteiger partial charge in [-0.3, -0.25) is 10.1 Å². The van der Waals surface area contributed by atoms with Crippen LogP contribution in [0.5, 0.6) is 0 Å². The van der Waals surface area contributed by atoms with E-state index in [1.54, 1.807) is 16.2 Å². The first-order valence-corrected chi connectivity index (χ1v) is 8.51. The third kappa shape index (κ3) is 3.53. The van der Waals surface area contributed by atoms with Gasteiger partial charge in [0.25, 0.3) is 5.91 Å². The van der Waals surface area contributed by atoms with E-state index >= 15 is 0 Å². The minimum Gasteiger partial charge on any atom is -0.317 e. The molecule has 1 aromatic heterocycles. The molecule has 0 saturated carbocycles. The van der Waals surface area contributed by atoms with Crippen molar-refractivity contribution in [2.45, 2.75) is 25.6 Å². The summed E-state index contributed by atoms with van der Waals surface area (Å²) in [6.45, 7) is 2.37. The molecule has 1 atom stereocenters. The highest BCUT2D eigenvalue weighted by atomic mass is 32.1. The van der Waals surface area contributed by atoms with Crippen molar-refractivity contribution in [3.05, 3.63) is 57.3 Å². The molecule has 3 rings (SSSR count). The standard InChI is InChI=1S/C17H15F3N2O2S/c1-10-13-7-9-25-14(13)6-8-22(10)16(24)21-15(23)11-2-4-12(5-3-11)17(18,19)20/h2-5,7,9-10H,6,8H2,1H3,(H,21,23,24). The van der Waals surface area contributed by atoms with E-state index in [4.69, 9.17) is 0 Å². The number of urea groups is 1. The number of carbonyl (C=O) groups excluding carboxylic acids is 2. The molecule has 1 aliphatic rings. The second-order valence-electron chi connectivity index (χ2n) is 5.75. The van der Waals surface area contributed by atoms with Gasteiger partial charge in [-0.05, 0) is 54.6 Å². The van der Waals surface area contributed by atoms with Crippen LogP contribution in [0.2, 0.25) is 0 Å². The van der Waals surface area contributed by atoms with Gasteiger partial charge in [-0.25, -0.2) is 4.79 Å². The lowest BCUT2D eigenvalue weighted by molar-refractivity contribution is -0.137. The third-order valence-corrected chi connectivity index (χ3v) is 5.23. The number of hydrogen-bond acceptors (Lipinski definition) is 3. The van der Waals surface area contributed by atoms with Crippen molar-refractivity contribution in [3.63, 3.8) is 0 Å². The Balaban J connectivity index is 1.68. The number of nitrogens with one attached hydrogen (secondary N) is 1. The minimum atomic E-state index is -4.47. The van der Waals surface area contributed by atoms with Crippen molar-refractivity contribution in [2.24, 2.45) is 0 Å². The summed E-state index contributed by atoms with van der Waals surface area (Å²) in [4.78, 5) is 27.3. The number of hydrogen-bond donors (Lipinski definition) is 1.